The summed E-state index contributed by atoms with van der Waals surface area (Å²) in [5.41, 5.74) is 1.70. The number of nitrogens with one attached hydrogen (secondary N) is 1. The Morgan fingerprint density at radius 2 is 1.86 bits per heavy atom. The number of aromatic nitrogens is 2. The zero-order valence-electron chi connectivity index (χ0n) is 15.0. The van der Waals surface area contributed by atoms with Gasteiger partial charge in [-0.3, -0.25) is 9.36 Å². The number of carbonyl (C=O) groups excluding carboxylic acids is 1. The molecule has 2 heterocycles. The van der Waals surface area contributed by atoms with Crippen LogP contribution in [0.2, 0.25) is 0 Å². The minimum absolute atomic E-state index is 0.0630. The first kappa shape index (κ1) is 17.9. The van der Waals surface area contributed by atoms with Gasteiger partial charge in [0.05, 0.1) is 24.7 Å². The van der Waals surface area contributed by atoms with E-state index in [4.69, 9.17) is 4.74 Å². The van der Waals surface area contributed by atoms with Crippen molar-refractivity contribution in [2.75, 3.05) is 7.11 Å². The highest BCUT2D eigenvalue weighted by Gasteiger charge is 2.13. The maximum Gasteiger partial charge on any atom is 0.337 e. The summed E-state index contributed by atoms with van der Waals surface area (Å²) < 4.78 is 6.35. The van der Waals surface area contributed by atoms with Crippen LogP contribution in [0.15, 0.2) is 70.3 Å². The summed E-state index contributed by atoms with van der Waals surface area (Å²) in [6.07, 6.45) is 0. The standard InChI is InChI=1S/C21H16N2O4S/c1-27-20(25)15-9-5-6-13(10-15)12-23-19(24)18-16(22-21(23)26)11-17(28-18)14-7-3-2-4-8-14/h2-11H,12H2,1H3,(H,22,26). The van der Waals surface area contributed by atoms with Gasteiger partial charge in [0.1, 0.15) is 4.70 Å². The zero-order valence-corrected chi connectivity index (χ0v) is 15.8. The molecule has 2 aromatic carbocycles. The number of nitrogens with zero attached hydrogens (tertiary/aromatic N) is 1. The predicted molar refractivity (Wildman–Crippen MR) is 109 cm³/mol. The molecular formula is C21H16N2O4S. The zero-order chi connectivity index (χ0) is 19.7. The van der Waals surface area contributed by atoms with Crippen molar-refractivity contribution in [3.8, 4) is 10.4 Å². The number of hydrogen-bond acceptors (Lipinski definition) is 5. The molecule has 6 nitrogen and oxygen atoms in total. The molecule has 0 saturated heterocycles. The Labute approximate surface area is 163 Å². The van der Waals surface area contributed by atoms with Crippen molar-refractivity contribution in [2.45, 2.75) is 6.54 Å². The van der Waals surface area contributed by atoms with Gasteiger partial charge >= 0.3 is 11.7 Å². The van der Waals surface area contributed by atoms with Crippen molar-refractivity contribution in [1.29, 1.82) is 0 Å². The Hall–Kier alpha value is -3.45. The summed E-state index contributed by atoms with van der Waals surface area (Å²) in [6.45, 7) is 0.0630. The minimum atomic E-state index is -0.488. The lowest BCUT2D eigenvalue weighted by molar-refractivity contribution is 0.0600. The maximum atomic E-state index is 12.9. The number of hydrogen-bond donors (Lipinski definition) is 1. The van der Waals surface area contributed by atoms with E-state index in [1.165, 1.54) is 18.4 Å². The van der Waals surface area contributed by atoms with Gasteiger partial charge in [0.25, 0.3) is 5.56 Å². The van der Waals surface area contributed by atoms with E-state index in [9.17, 15) is 14.4 Å². The molecule has 0 aliphatic heterocycles. The first-order valence-electron chi connectivity index (χ1n) is 8.56. The van der Waals surface area contributed by atoms with Crippen LogP contribution in [0.5, 0.6) is 0 Å². The second kappa shape index (κ2) is 7.28. The highest BCUT2D eigenvalue weighted by atomic mass is 32.1. The molecule has 4 aromatic rings. The van der Waals surface area contributed by atoms with Crippen LogP contribution in [0.25, 0.3) is 20.7 Å². The fourth-order valence-corrected chi connectivity index (χ4v) is 4.09. The van der Waals surface area contributed by atoms with Crippen molar-refractivity contribution in [3.05, 3.63) is 92.6 Å². The molecule has 0 amide bonds. The van der Waals surface area contributed by atoms with E-state index in [2.05, 4.69) is 4.98 Å². The highest BCUT2D eigenvalue weighted by Crippen LogP contribution is 2.30. The van der Waals surface area contributed by atoms with Crippen LogP contribution in [0.3, 0.4) is 0 Å². The van der Waals surface area contributed by atoms with E-state index in [1.54, 1.807) is 24.3 Å². The van der Waals surface area contributed by atoms with E-state index in [0.717, 1.165) is 15.0 Å². The Morgan fingerprint density at radius 3 is 2.61 bits per heavy atom. The van der Waals surface area contributed by atoms with Gasteiger partial charge in [0.15, 0.2) is 0 Å². The van der Waals surface area contributed by atoms with Crippen LogP contribution >= 0.6 is 11.3 Å². The maximum absolute atomic E-state index is 12.9. The third-order valence-corrected chi connectivity index (χ3v) is 5.58. The molecule has 0 spiro atoms. The molecule has 2 aromatic heterocycles. The number of rotatable bonds is 4. The molecule has 7 heteroatoms. The fourth-order valence-electron chi connectivity index (χ4n) is 3.03. The average Bonchev–Trinajstić information content (AvgIpc) is 3.15. The third-order valence-electron chi connectivity index (χ3n) is 4.41. The lowest BCUT2D eigenvalue weighted by Crippen LogP contribution is -2.34. The number of benzene rings is 2. The van der Waals surface area contributed by atoms with Crippen LogP contribution in [0.1, 0.15) is 15.9 Å². The van der Waals surface area contributed by atoms with E-state index in [0.29, 0.717) is 21.3 Å². The molecule has 0 aliphatic carbocycles. The monoisotopic (exact) mass is 392 g/mol. The smallest absolute Gasteiger partial charge is 0.337 e. The largest absolute Gasteiger partial charge is 0.465 e. The number of thiophene rings is 1. The van der Waals surface area contributed by atoms with E-state index in [1.807, 2.05) is 36.4 Å². The molecule has 28 heavy (non-hydrogen) atoms. The topological polar surface area (TPSA) is 81.2 Å². The molecule has 1 N–H and O–H groups in total. The summed E-state index contributed by atoms with van der Waals surface area (Å²) >= 11 is 1.34. The Balaban J connectivity index is 1.77. The van der Waals surface area contributed by atoms with Crippen LogP contribution in [0, 0.1) is 0 Å². The summed E-state index contributed by atoms with van der Waals surface area (Å²) in [5.74, 6) is -0.468. The van der Waals surface area contributed by atoms with Gasteiger partial charge in [0, 0.05) is 4.88 Å². The summed E-state index contributed by atoms with van der Waals surface area (Å²) in [4.78, 5) is 40.8. The summed E-state index contributed by atoms with van der Waals surface area (Å²) in [6, 6.07) is 18.2. The fraction of sp³-hybridized carbons (Fsp3) is 0.0952. The van der Waals surface area contributed by atoms with Crippen LogP contribution in [-0.2, 0) is 11.3 Å². The van der Waals surface area contributed by atoms with Gasteiger partial charge < -0.3 is 9.72 Å². The van der Waals surface area contributed by atoms with Crippen molar-refractivity contribution in [3.63, 3.8) is 0 Å². The first-order valence-corrected chi connectivity index (χ1v) is 9.38. The molecule has 0 fully saturated rings. The molecule has 4 rings (SSSR count). The second-order valence-electron chi connectivity index (χ2n) is 6.23. The highest BCUT2D eigenvalue weighted by molar-refractivity contribution is 7.22. The molecule has 0 bridgehead atoms. The predicted octanol–water partition coefficient (Wildman–Crippen LogP) is 3.25. The van der Waals surface area contributed by atoms with Crippen LogP contribution in [0.4, 0.5) is 0 Å². The normalized spacial score (nSPS) is 10.9. The van der Waals surface area contributed by atoms with Gasteiger partial charge in [-0.1, -0.05) is 42.5 Å². The van der Waals surface area contributed by atoms with Crippen molar-refractivity contribution in [2.24, 2.45) is 0 Å². The van der Waals surface area contributed by atoms with Gasteiger partial charge in [0.2, 0.25) is 0 Å². The number of esters is 1. The number of aromatic amines is 1. The number of fused-ring (bicyclic) bond motifs is 1. The molecule has 0 radical (unpaired) electrons. The molecule has 0 atom stereocenters. The molecule has 0 unspecified atom stereocenters. The number of methoxy groups -OCH3 is 1. The number of ether oxygens (including phenoxy) is 1. The third kappa shape index (κ3) is 3.27. The Bertz CT molecular complexity index is 1290. The summed E-state index contributed by atoms with van der Waals surface area (Å²) in [7, 11) is 1.30. The molecule has 0 saturated carbocycles. The Kier molecular flexibility index (Phi) is 4.67. The molecule has 140 valence electrons. The first-order chi connectivity index (χ1) is 13.6. The van der Waals surface area contributed by atoms with Crippen molar-refractivity contribution in [1.82, 2.24) is 9.55 Å². The van der Waals surface area contributed by atoms with Crippen LogP contribution < -0.4 is 11.2 Å². The van der Waals surface area contributed by atoms with E-state index < -0.39 is 11.7 Å². The lowest BCUT2D eigenvalue weighted by atomic mass is 10.1. The SMILES string of the molecule is COC(=O)c1cccc(Cn2c(=O)[nH]c3cc(-c4ccccc4)sc3c2=O)c1. The second-order valence-corrected chi connectivity index (χ2v) is 7.29. The summed E-state index contributed by atoms with van der Waals surface area (Å²) in [5, 5.41) is 0. The van der Waals surface area contributed by atoms with Crippen molar-refractivity contribution >= 4 is 27.5 Å². The van der Waals surface area contributed by atoms with Crippen molar-refractivity contribution < 1.29 is 9.53 Å². The Morgan fingerprint density at radius 1 is 1.07 bits per heavy atom. The lowest BCUT2D eigenvalue weighted by Gasteiger charge is -2.06. The number of H-pyrrole nitrogens is 1. The minimum Gasteiger partial charge on any atom is -0.465 e. The molecular weight excluding hydrogens is 376 g/mol. The quantitative estimate of drug-likeness (QED) is 0.541. The van der Waals surface area contributed by atoms with Crippen LogP contribution in [-0.4, -0.2) is 22.6 Å². The van der Waals surface area contributed by atoms with Gasteiger partial charge in [-0.25, -0.2) is 9.59 Å². The van der Waals surface area contributed by atoms with E-state index >= 15 is 0 Å². The van der Waals surface area contributed by atoms with Gasteiger partial charge in [-0.05, 0) is 29.3 Å². The number of carbonyl (C=O) groups is 1. The average molecular weight is 392 g/mol. The van der Waals surface area contributed by atoms with Gasteiger partial charge in [-0.2, -0.15) is 0 Å². The molecule has 0 aliphatic rings. The van der Waals surface area contributed by atoms with E-state index in [-0.39, 0.29) is 12.1 Å². The van der Waals surface area contributed by atoms with Gasteiger partial charge in [-0.15, -0.1) is 11.3 Å².